The first-order chi connectivity index (χ1) is 14.8. The van der Waals surface area contributed by atoms with E-state index >= 15 is 0 Å². The van der Waals surface area contributed by atoms with Gasteiger partial charge in [0.1, 0.15) is 22.1 Å². The normalized spacial score (nSPS) is 11.5. The summed E-state index contributed by atoms with van der Waals surface area (Å²) < 4.78 is 4.58. The van der Waals surface area contributed by atoms with Gasteiger partial charge in [0.25, 0.3) is 11.8 Å². The Kier molecular flexibility index (Phi) is 8.21. The van der Waals surface area contributed by atoms with Gasteiger partial charge in [0, 0.05) is 23.6 Å². The molecule has 0 aliphatic carbocycles. The molecule has 10 heteroatoms. The quantitative estimate of drug-likeness (QED) is 0.447. The minimum Gasteiger partial charge on any atom is -0.464 e. The van der Waals surface area contributed by atoms with Crippen molar-refractivity contribution in [2.45, 2.75) is 20.8 Å². The smallest absolute Gasteiger partial charge is 0.354 e. The Bertz CT molecular complexity index is 1050. The second-order valence-electron chi connectivity index (χ2n) is 6.10. The van der Waals surface area contributed by atoms with Crippen molar-refractivity contribution < 1.29 is 23.9 Å². The van der Waals surface area contributed by atoms with Gasteiger partial charge >= 0.3 is 5.97 Å². The molecule has 0 atom stereocenters. The van der Waals surface area contributed by atoms with Crippen LogP contribution in [-0.4, -0.2) is 35.8 Å². The van der Waals surface area contributed by atoms with Crippen molar-refractivity contribution >= 4 is 40.7 Å². The molecule has 0 bridgehead atoms. The monoisotopic (exact) mass is 442 g/mol. The molecule has 9 nitrogen and oxygen atoms in total. The Labute approximate surface area is 183 Å². The van der Waals surface area contributed by atoms with E-state index in [9.17, 15) is 19.2 Å². The minimum atomic E-state index is -0.703. The lowest BCUT2D eigenvalue weighted by atomic mass is 10.2. The molecule has 1 heterocycles. The number of nitrogens with zero attached hydrogens (tertiary/aromatic N) is 1. The van der Waals surface area contributed by atoms with E-state index in [4.69, 9.17) is 0 Å². The fourth-order valence-electron chi connectivity index (χ4n) is 2.40. The Hall–Kier alpha value is -3.79. The summed E-state index contributed by atoms with van der Waals surface area (Å²) in [6.45, 7) is 4.57. The number of allylic oxidation sites excluding steroid dienone is 2. The number of nitrogens with one attached hydrogen (secondary N) is 3. The second kappa shape index (κ2) is 10.8. The van der Waals surface area contributed by atoms with Crippen LogP contribution in [0.4, 0.5) is 5.69 Å². The molecule has 0 fully saturated rings. The first-order valence-electron chi connectivity index (χ1n) is 9.16. The molecule has 0 aliphatic rings. The van der Waals surface area contributed by atoms with Gasteiger partial charge in [-0.3, -0.25) is 14.4 Å². The van der Waals surface area contributed by atoms with Crippen molar-refractivity contribution in [3.05, 3.63) is 58.9 Å². The maximum atomic E-state index is 12.5. The van der Waals surface area contributed by atoms with E-state index in [1.807, 2.05) is 0 Å². The molecule has 0 saturated heterocycles. The molecule has 0 aliphatic heterocycles. The van der Waals surface area contributed by atoms with Crippen LogP contribution in [0.5, 0.6) is 0 Å². The number of amides is 3. The number of aromatic nitrogens is 1. The highest BCUT2D eigenvalue weighted by atomic mass is 32.1. The number of hydrogen-bond donors (Lipinski definition) is 3. The zero-order valence-corrected chi connectivity index (χ0v) is 18.3. The predicted molar refractivity (Wildman–Crippen MR) is 117 cm³/mol. The highest BCUT2D eigenvalue weighted by Crippen LogP contribution is 2.25. The van der Waals surface area contributed by atoms with Crippen molar-refractivity contribution in [1.82, 2.24) is 15.6 Å². The Morgan fingerprint density at radius 2 is 1.65 bits per heavy atom. The zero-order chi connectivity index (χ0) is 23.0. The van der Waals surface area contributed by atoms with Gasteiger partial charge in [-0.25, -0.2) is 9.78 Å². The molecule has 0 spiro atoms. The molecule has 1 aromatic heterocycles. The van der Waals surface area contributed by atoms with E-state index in [1.54, 1.807) is 43.5 Å². The SMILES string of the molecule is CC=C(NC(=O)c1csc(-c2ccc(NC(C)=O)cc2)n1)C(=O)NC(=CC)C(=O)OC. The third-order valence-electron chi connectivity index (χ3n) is 3.91. The van der Waals surface area contributed by atoms with Gasteiger partial charge in [-0.1, -0.05) is 12.2 Å². The fourth-order valence-corrected chi connectivity index (χ4v) is 3.20. The maximum Gasteiger partial charge on any atom is 0.354 e. The lowest BCUT2D eigenvalue weighted by Gasteiger charge is -2.10. The molecule has 3 N–H and O–H groups in total. The summed E-state index contributed by atoms with van der Waals surface area (Å²) in [4.78, 5) is 51.9. The van der Waals surface area contributed by atoms with Crippen molar-refractivity contribution in [1.29, 1.82) is 0 Å². The topological polar surface area (TPSA) is 126 Å². The molecule has 0 unspecified atom stereocenters. The molecule has 2 aromatic rings. The maximum absolute atomic E-state index is 12.5. The van der Waals surface area contributed by atoms with Crippen LogP contribution >= 0.6 is 11.3 Å². The van der Waals surface area contributed by atoms with E-state index in [-0.39, 0.29) is 23.0 Å². The van der Waals surface area contributed by atoms with Gasteiger partial charge in [0.15, 0.2) is 0 Å². The lowest BCUT2D eigenvalue weighted by molar-refractivity contribution is -0.137. The molecular weight excluding hydrogens is 420 g/mol. The summed E-state index contributed by atoms with van der Waals surface area (Å²) in [7, 11) is 1.20. The van der Waals surface area contributed by atoms with Crippen molar-refractivity contribution in [3.63, 3.8) is 0 Å². The summed E-state index contributed by atoms with van der Waals surface area (Å²) >= 11 is 1.27. The van der Waals surface area contributed by atoms with Crippen molar-refractivity contribution in [2.24, 2.45) is 0 Å². The van der Waals surface area contributed by atoms with Crippen LogP contribution in [0.15, 0.2) is 53.2 Å². The first-order valence-corrected chi connectivity index (χ1v) is 10.0. The second-order valence-corrected chi connectivity index (χ2v) is 6.96. The van der Waals surface area contributed by atoms with Crippen LogP contribution in [0.3, 0.4) is 0 Å². The number of benzene rings is 1. The summed E-state index contributed by atoms with van der Waals surface area (Å²) in [5.41, 5.74) is 1.49. The average molecular weight is 442 g/mol. The van der Waals surface area contributed by atoms with Gasteiger partial charge in [0.2, 0.25) is 5.91 Å². The van der Waals surface area contributed by atoms with Crippen LogP contribution in [0.25, 0.3) is 10.6 Å². The fraction of sp³-hybridized carbons (Fsp3) is 0.190. The van der Waals surface area contributed by atoms with Gasteiger partial charge in [0.05, 0.1) is 7.11 Å². The minimum absolute atomic E-state index is 0.0394. The number of carbonyl (C=O) groups excluding carboxylic acids is 4. The molecule has 3 amide bonds. The largest absolute Gasteiger partial charge is 0.464 e. The zero-order valence-electron chi connectivity index (χ0n) is 17.4. The highest BCUT2D eigenvalue weighted by Gasteiger charge is 2.19. The number of rotatable bonds is 7. The third-order valence-corrected chi connectivity index (χ3v) is 4.80. The van der Waals surface area contributed by atoms with E-state index < -0.39 is 17.8 Å². The third kappa shape index (κ3) is 6.34. The van der Waals surface area contributed by atoms with Gasteiger partial charge < -0.3 is 20.7 Å². The first kappa shape index (κ1) is 23.5. The number of esters is 1. The number of anilines is 1. The van der Waals surface area contributed by atoms with Crippen LogP contribution in [0.1, 0.15) is 31.3 Å². The summed E-state index contributed by atoms with van der Waals surface area (Å²) in [6, 6.07) is 7.03. The molecule has 1 aromatic carbocycles. The van der Waals surface area contributed by atoms with Crippen LogP contribution < -0.4 is 16.0 Å². The Balaban J connectivity index is 2.08. The van der Waals surface area contributed by atoms with Crippen molar-refractivity contribution in [3.8, 4) is 10.6 Å². The van der Waals surface area contributed by atoms with Gasteiger partial charge in [-0.15, -0.1) is 11.3 Å². The number of methoxy groups -OCH3 is 1. The molecule has 162 valence electrons. The van der Waals surface area contributed by atoms with Gasteiger partial charge in [-0.2, -0.15) is 0 Å². The van der Waals surface area contributed by atoms with Crippen molar-refractivity contribution in [2.75, 3.05) is 12.4 Å². The van der Waals surface area contributed by atoms with E-state index in [0.29, 0.717) is 10.7 Å². The number of carbonyl (C=O) groups is 4. The summed E-state index contributed by atoms with van der Waals surface area (Å²) in [6.07, 6.45) is 2.80. The molecule has 31 heavy (non-hydrogen) atoms. The Morgan fingerprint density at radius 3 is 2.19 bits per heavy atom. The average Bonchev–Trinajstić information content (AvgIpc) is 3.25. The molecule has 2 rings (SSSR count). The highest BCUT2D eigenvalue weighted by molar-refractivity contribution is 7.13. The predicted octanol–water partition coefficient (Wildman–Crippen LogP) is 2.60. The summed E-state index contributed by atoms with van der Waals surface area (Å²) in [5.74, 6) is -2.11. The molecular formula is C21H22N4O5S. The molecule has 0 saturated carbocycles. The van der Waals surface area contributed by atoms with E-state index in [2.05, 4.69) is 25.7 Å². The summed E-state index contributed by atoms with van der Waals surface area (Å²) in [5, 5.41) is 9.74. The van der Waals surface area contributed by atoms with E-state index in [1.165, 1.54) is 37.5 Å². The Morgan fingerprint density at radius 1 is 1.00 bits per heavy atom. The van der Waals surface area contributed by atoms with Crippen LogP contribution in [0, 0.1) is 0 Å². The van der Waals surface area contributed by atoms with Crippen LogP contribution in [-0.2, 0) is 19.1 Å². The number of ether oxygens (including phenoxy) is 1. The van der Waals surface area contributed by atoms with E-state index in [0.717, 1.165) is 5.56 Å². The number of hydrogen-bond acceptors (Lipinski definition) is 7. The van der Waals surface area contributed by atoms with Crippen LogP contribution in [0.2, 0.25) is 0 Å². The standard InChI is InChI=1S/C21H22N4O5S/c1-5-15(18(27)24-16(6-2)21(29)30-4)23-19(28)17-11-31-20(25-17)13-7-9-14(10-8-13)22-12(3)26/h5-11H,1-4H3,(H,22,26)(H,23,28)(H,24,27). The van der Waals surface area contributed by atoms with Gasteiger partial charge in [-0.05, 0) is 38.1 Å². The lowest BCUT2D eigenvalue weighted by Crippen LogP contribution is -2.36. The number of thiazole rings is 1. The molecule has 0 radical (unpaired) electrons.